The number of alkyl carbamates (subject to hydrolysis) is 1. The van der Waals surface area contributed by atoms with Crippen LogP contribution in [0, 0.1) is 18.3 Å². The third-order valence-electron chi connectivity index (χ3n) is 5.21. The van der Waals surface area contributed by atoms with Crippen molar-refractivity contribution >= 4 is 17.9 Å². The zero-order valence-electron chi connectivity index (χ0n) is 22.8. The van der Waals surface area contributed by atoms with Gasteiger partial charge in [0.05, 0.1) is 6.07 Å². The number of aryl methyl sites for hydroxylation is 1. The summed E-state index contributed by atoms with van der Waals surface area (Å²) >= 11 is 0. The lowest BCUT2D eigenvalue weighted by molar-refractivity contribution is -0.142. The second-order valence-corrected chi connectivity index (χ2v) is 11.1. The van der Waals surface area contributed by atoms with E-state index in [-0.39, 0.29) is 13.0 Å². The number of benzene rings is 2. The van der Waals surface area contributed by atoms with Gasteiger partial charge in [0, 0.05) is 12.0 Å². The zero-order chi connectivity index (χ0) is 27.8. The molecule has 2 rings (SSSR count). The van der Waals surface area contributed by atoms with Gasteiger partial charge in [-0.2, -0.15) is 5.26 Å². The van der Waals surface area contributed by atoms with Crippen molar-refractivity contribution in [3.63, 3.8) is 0 Å². The maximum absolute atomic E-state index is 14.0. The van der Waals surface area contributed by atoms with Crippen LogP contribution in [0.2, 0.25) is 0 Å². The smallest absolute Gasteiger partial charge is 0.408 e. The number of nitrogens with one attached hydrogen (secondary N) is 2. The molecule has 2 N–H and O–H groups in total. The molecular weight excluding hydrogens is 468 g/mol. The van der Waals surface area contributed by atoms with Gasteiger partial charge in [-0.15, -0.1) is 0 Å². The topological polar surface area (TPSA) is 112 Å². The van der Waals surface area contributed by atoms with Crippen molar-refractivity contribution in [2.45, 2.75) is 78.1 Å². The van der Waals surface area contributed by atoms with Crippen molar-refractivity contribution in [3.8, 4) is 6.07 Å². The fourth-order valence-corrected chi connectivity index (χ4v) is 3.82. The Morgan fingerprint density at radius 2 is 1.65 bits per heavy atom. The summed E-state index contributed by atoms with van der Waals surface area (Å²) in [6, 6.07) is 16.4. The quantitative estimate of drug-likeness (QED) is 0.514. The summed E-state index contributed by atoms with van der Waals surface area (Å²) in [6.45, 7) is 12.3. The normalized spacial score (nSPS) is 13.0. The van der Waals surface area contributed by atoms with Gasteiger partial charge in [0.15, 0.2) is 0 Å². The Balaban J connectivity index is 2.54. The molecule has 0 heterocycles. The highest BCUT2D eigenvalue weighted by Crippen LogP contribution is 2.25. The van der Waals surface area contributed by atoms with Crippen molar-refractivity contribution in [2.24, 2.45) is 0 Å². The third-order valence-corrected chi connectivity index (χ3v) is 5.21. The van der Waals surface area contributed by atoms with Crippen LogP contribution in [-0.2, 0) is 20.7 Å². The van der Waals surface area contributed by atoms with Crippen LogP contribution in [0.3, 0.4) is 0 Å². The van der Waals surface area contributed by atoms with Crippen LogP contribution < -0.4 is 10.6 Å². The highest BCUT2D eigenvalue weighted by Gasteiger charge is 2.37. The number of nitriles is 1. The zero-order valence-corrected chi connectivity index (χ0v) is 22.8. The Morgan fingerprint density at radius 1 is 1.00 bits per heavy atom. The number of hydrogen-bond acceptors (Lipinski definition) is 5. The third kappa shape index (κ3) is 9.60. The molecular formula is C29H38N4O4. The first kappa shape index (κ1) is 29.4. The fraction of sp³-hybridized carbons (Fsp3) is 0.448. The first-order valence-electron chi connectivity index (χ1n) is 12.3. The van der Waals surface area contributed by atoms with Gasteiger partial charge in [-0.3, -0.25) is 9.59 Å². The molecule has 3 amide bonds. The molecule has 2 unspecified atom stereocenters. The number of ether oxygens (including phenoxy) is 1. The van der Waals surface area contributed by atoms with E-state index in [0.29, 0.717) is 5.56 Å². The Kier molecular flexibility index (Phi) is 9.84. The molecule has 0 fully saturated rings. The van der Waals surface area contributed by atoms with Crippen molar-refractivity contribution in [3.05, 3.63) is 71.3 Å². The number of nitrogens with zero attached hydrogens (tertiary/aromatic N) is 2. The molecule has 0 spiro atoms. The molecule has 8 nitrogen and oxygen atoms in total. The molecule has 2 aromatic rings. The molecule has 0 aliphatic heterocycles. The fourth-order valence-electron chi connectivity index (χ4n) is 3.82. The SMILES string of the molecule is Cc1cccc(C(C(=O)NC(C)(C)C)N(CC#N)C(=O)C(Cc2ccccc2)NC(=O)OC(C)(C)C)c1. The van der Waals surface area contributed by atoms with Crippen molar-refractivity contribution in [1.29, 1.82) is 5.26 Å². The van der Waals surface area contributed by atoms with E-state index in [1.165, 1.54) is 4.90 Å². The van der Waals surface area contributed by atoms with Gasteiger partial charge in [-0.25, -0.2) is 4.79 Å². The van der Waals surface area contributed by atoms with Crippen LogP contribution >= 0.6 is 0 Å². The van der Waals surface area contributed by atoms with Gasteiger partial charge in [0.2, 0.25) is 11.8 Å². The summed E-state index contributed by atoms with van der Waals surface area (Å²) in [7, 11) is 0. The minimum Gasteiger partial charge on any atom is -0.444 e. The average Bonchev–Trinajstić information content (AvgIpc) is 2.76. The second kappa shape index (κ2) is 12.4. The van der Waals surface area contributed by atoms with E-state index < -0.39 is 41.1 Å². The molecule has 0 bridgehead atoms. The van der Waals surface area contributed by atoms with E-state index in [9.17, 15) is 19.6 Å². The van der Waals surface area contributed by atoms with E-state index in [2.05, 4.69) is 10.6 Å². The molecule has 0 aromatic heterocycles. The Hall–Kier alpha value is -3.86. The van der Waals surface area contributed by atoms with Crippen LogP contribution in [0.4, 0.5) is 4.79 Å². The van der Waals surface area contributed by atoms with E-state index >= 15 is 0 Å². The maximum atomic E-state index is 14.0. The summed E-state index contributed by atoms with van der Waals surface area (Å²) in [5.74, 6) is -0.982. The number of carbonyl (C=O) groups is 3. The van der Waals surface area contributed by atoms with Gasteiger partial charge >= 0.3 is 6.09 Å². The van der Waals surface area contributed by atoms with Crippen LogP contribution in [-0.4, -0.2) is 46.5 Å². The van der Waals surface area contributed by atoms with Crippen molar-refractivity contribution in [2.75, 3.05) is 6.54 Å². The monoisotopic (exact) mass is 506 g/mol. The summed E-state index contributed by atoms with van der Waals surface area (Å²) in [6.07, 6.45) is -0.604. The Labute approximate surface area is 220 Å². The number of carbonyl (C=O) groups excluding carboxylic acids is 3. The predicted octanol–water partition coefficient (Wildman–Crippen LogP) is 4.44. The Morgan fingerprint density at radius 3 is 2.19 bits per heavy atom. The molecule has 0 radical (unpaired) electrons. The first-order chi connectivity index (χ1) is 17.2. The van der Waals surface area contributed by atoms with E-state index in [1.54, 1.807) is 32.9 Å². The second-order valence-electron chi connectivity index (χ2n) is 11.1. The molecule has 198 valence electrons. The van der Waals surface area contributed by atoms with E-state index in [1.807, 2.05) is 76.2 Å². The molecule has 0 saturated carbocycles. The first-order valence-corrected chi connectivity index (χ1v) is 12.3. The van der Waals surface area contributed by atoms with Gasteiger partial charge in [-0.05, 0) is 59.6 Å². The Bertz CT molecular complexity index is 1130. The average molecular weight is 507 g/mol. The van der Waals surface area contributed by atoms with Crippen molar-refractivity contribution < 1.29 is 19.1 Å². The van der Waals surface area contributed by atoms with Crippen LogP contribution in [0.15, 0.2) is 54.6 Å². The highest BCUT2D eigenvalue weighted by atomic mass is 16.6. The standard InChI is InChI=1S/C29H38N4O4/c1-20-12-11-15-22(18-20)24(25(34)32-28(2,3)4)33(17-16-30)26(35)23(19-21-13-9-8-10-14-21)31-27(36)37-29(5,6)7/h8-15,18,23-24H,17,19H2,1-7H3,(H,31,36)(H,32,34). The molecule has 2 aromatic carbocycles. The highest BCUT2D eigenvalue weighted by molar-refractivity contribution is 5.92. The molecule has 0 aliphatic rings. The van der Waals surface area contributed by atoms with E-state index in [4.69, 9.17) is 4.74 Å². The van der Waals surface area contributed by atoms with Gasteiger partial charge in [0.25, 0.3) is 0 Å². The summed E-state index contributed by atoms with van der Waals surface area (Å²) < 4.78 is 5.40. The molecule has 8 heteroatoms. The summed E-state index contributed by atoms with van der Waals surface area (Å²) in [5.41, 5.74) is 0.941. The largest absolute Gasteiger partial charge is 0.444 e. The summed E-state index contributed by atoms with van der Waals surface area (Å²) in [5, 5.41) is 15.3. The lowest BCUT2D eigenvalue weighted by atomic mass is 9.98. The minimum atomic E-state index is -1.08. The molecule has 0 aliphatic carbocycles. The number of rotatable bonds is 8. The van der Waals surface area contributed by atoms with Crippen molar-refractivity contribution in [1.82, 2.24) is 15.5 Å². The molecule has 37 heavy (non-hydrogen) atoms. The van der Waals surface area contributed by atoms with E-state index in [0.717, 1.165) is 11.1 Å². The van der Waals surface area contributed by atoms with Gasteiger partial charge in [-0.1, -0.05) is 60.2 Å². The van der Waals surface area contributed by atoms with Crippen LogP contribution in [0.25, 0.3) is 0 Å². The lowest BCUT2D eigenvalue weighted by Crippen LogP contribution is -2.55. The number of hydrogen-bond donors (Lipinski definition) is 2. The van der Waals surface area contributed by atoms with Gasteiger partial charge < -0.3 is 20.3 Å². The molecule has 2 atom stereocenters. The minimum absolute atomic E-state index is 0.155. The number of amides is 3. The molecule has 0 saturated heterocycles. The van der Waals surface area contributed by atoms with Crippen LogP contribution in [0.1, 0.15) is 64.3 Å². The van der Waals surface area contributed by atoms with Gasteiger partial charge in [0.1, 0.15) is 24.2 Å². The lowest BCUT2D eigenvalue weighted by Gasteiger charge is -2.34. The maximum Gasteiger partial charge on any atom is 0.408 e. The van der Waals surface area contributed by atoms with Crippen LogP contribution in [0.5, 0.6) is 0 Å². The predicted molar refractivity (Wildman–Crippen MR) is 142 cm³/mol. The summed E-state index contributed by atoms with van der Waals surface area (Å²) in [4.78, 5) is 41.5.